The molecule has 0 spiro atoms. The van der Waals surface area contributed by atoms with Crippen LogP contribution in [-0.4, -0.2) is 29.7 Å². The molecule has 2 atom stereocenters. The number of pyridine rings is 1. The second-order valence-electron chi connectivity index (χ2n) is 5.23. The van der Waals surface area contributed by atoms with Gasteiger partial charge >= 0.3 is 5.97 Å². The molecule has 0 saturated carbocycles. The van der Waals surface area contributed by atoms with E-state index < -0.39 is 6.10 Å². The third kappa shape index (κ3) is 5.71. The van der Waals surface area contributed by atoms with Crippen LogP contribution in [0, 0.1) is 6.92 Å². The summed E-state index contributed by atoms with van der Waals surface area (Å²) in [6.07, 6.45) is 1.47. The molecule has 5 heteroatoms. The Hall–Kier alpha value is -1.62. The lowest BCUT2D eigenvalue weighted by atomic mass is 10.1. The number of nitrogens with zero attached hydrogens (tertiary/aromatic N) is 1. The molecule has 0 radical (unpaired) electrons. The molecule has 118 valence electrons. The number of aromatic nitrogens is 1. The molecule has 2 unspecified atom stereocenters. The molecule has 1 aromatic heterocycles. The topological polar surface area (TPSA) is 74.4 Å². The summed E-state index contributed by atoms with van der Waals surface area (Å²) >= 11 is 0. The van der Waals surface area contributed by atoms with E-state index in [4.69, 9.17) is 15.2 Å². The molecular formula is C16H26N2O3. The van der Waals surface area contributed by atoms with Gasteiger partial charge in [-0.05, 0) is 39.3 Å². The van der Waals surface area contributed by atoms with Gasteiger partial charge in [-0.3, -0.25) is 4.98 Å². The minimum atomic E-state index is -0.591. The average Bonchev–Trinajstić information content (AvgIpc) is 2.40. The van der Waals surface area contributed by atoms with E-state index in [0.29, 0.717) is 25.2 Å². The second-order valence-corrected chi connectivity index (χ2v) is 5.23. The van der Waals surface area contributed by atoms with Crippen molar-refractivity contribution in [2.75, 3.05) is 6.61 Å². The molecule has 0 aliphatic rings. The third-order valence-corrected chi connectivity index (χ3v) is 2.96. The highest BCUT2D eigenvalue weighted by Gasteiger charge is 2.22. The van der Waals surface area contributed by atoms with Gasteiger partial charge < -0.3 is 15.2 Å². The number of carbonyl (C=O) groups is 1. The van der Waals surface area contributed by atoms with Gasteiger partial charge in [-0.25, -0.2) is 4.79 Å². The van der Waals surface area contributed by atoms with Crippen LogP contribution in [0.5, 0.6) is 5.75 Å². The van der Waals surface area contributed by atoms with Gasteiger partial charge in [0, 0.05) is 18.2 Å². The fourth-order valence-corrected chi connectivity index (χ4v) is 2.03. The maximum Gasteiger partial charge on any atom is 0.347 e. The number of carbonyl (C=O) groups excluding carboxylic acids is 1. The molecule has 21 heavy (non-hydrogen) atoms. The highest BCUT2D eigenvalue weighted by molar-refractivity contribution is 5.75. The number of rotatable bonds is 8. The van der Waals surface area contributed by atoms with Gasteiger partial charge in [0.15, 0.2) is 6.10 Å². The zero-order chi connectivity index (χ0) is 15.8. The lowest BCUT2D eigenvalue weighted by Gasteiger charge is -2.19. The summed E-state index contributed by atoms with van der Waals surface area (Å²) in [6, 6.07) is 3.70. The lowest BCUT2D eigenvalue weighted by Crippen LogP contribution is -2.30. The zero-order valence-electron chi connectivity index (χ0n) is 13.4. The summed E-state index contributed by atoms with van der Waals surface area (Å²) in [6.45, 7) is 7.98. The Labute approximate surface area is 126 Å². The van der Waals surface area contributed by atoms with Crippen LogP contribution in [0.25, 0.3) is 0 Å². The van der Waals surface area contributed by atoms with Gasteiger partial charge in [0.25, 0.3) is 0 Å². The lowest BCUT2D eigenvalue weighted by molar-refractivity contribution is -0.151. The van der Waals surface area contributed by atoms with Gasteiger partial charge in [0.2, 0.25) is 0 Å². The minimum Gasteiger partial charge on any atom is -0.477 e. The Morgan fingerprint density at radius 1 is 1.38 bits per heavy atom. The Balaban J connectivity index is 2.94. The van der Waals surface area contributed by atoms with Crippen LogP contribution in [0.2, 0.25) is 0 Å². The molecule has 0 bridgehead atoms. The first-order chi connectivity index (χ1) is 9.97. The van der Waals surface area contributed by atoms with E-state index in [-0.39, 0.29) is 12.0 Å². The van der Waals surface area contributed by atoms with Crippen molar-refractivity contribution in [1.82, 2.24) is 4.98 Å². The van der Waals surface area contributed by atoms with Gasteiger partial charge in [-0.1, -0.05) is 13.3 Å². The van der Waals surface area contributed by atoms with Crippen LogP contribution >= 0.6 is 0 Å². The normalized spacial score (nSPS) is 13.6. The first-order valence-corrected chi connectivity index (χ1v) is 7.53. The highest BCUT2D eigenvalue weighted by Crippen LogP contribution is 2.21. The van der Waals surface area contributed by atoms with Gasteiger partial charge in [-0.2, -0.15) is 0 Å². The molecule has 1 rings (SSSR count). The maximum atomic E-state index is 11.9. The predicted octanol–water partition coefficient (Wildman–Crippen LogP) is 2.39. The number of aryl methyl sites for hydroxylation is 1. The maximum absolute atomic E-state index is 11.9. The number of ether oxygens (including phenoxy) is 2. The summed E-state index contributed by atoms with van der Waals surface area (Å²) < 4.78 is 10.9. The van der Waals surface area contributed by atoms with E-state index in [1.165, 1.54) is 0 Å². The molecule has 1 heterocycles. The molecule has 0 aliphatic carbocycles. The summed E-state index contributed by atoms with van der Waals surface area (Å²) in [7, 11) is 0. The molecule has 0 fully saturated rings. The minimum absolute atomic E-state index is 0.0196. The molecular weight excluding hydrogens is 268 g/mol. The van der Waals surface area contributed by atoms with Crippen molar-refractivity contribution < 1.29 is 14.3 Å². The predicted molar refractivity (Wildman–Crippen MR) is 82.3 cm³/mol. The molecule has 5 nitrogen and oxygen atoms in total. The monoisotopic (exact) mass is 294 g/mol. The van der Waals surface area contributed by atoms with Crippen LogP contribution in [-0.2, 0) is 16.0 Å². The highest BCUT2D eigenvalue weighted by atomic mass is 16.6. The van der Waals surface area contributed by atoms with E-state index in [2.05, 4.69) is 4.98 Å². The largest absolute Gasteiger partial charge is 0.477 e. The molecule has 1 aromatic rings. The average molecular weight is 294 g/mol. The van der Waals surface area contributed by atoms with Crippen molar-refractivity contribution in [3.63, 3.8) is 0 Å². The Kier molecular flexibility index (Phi) is 7.15. The number of hydrogen-bond donors (Lipinski definition) is 1. The van der Waals surface area contributed by atoms with Crippen LogP contribution in [0.15, 0.2) is 12.1 Å². The SMILES string of the molecule is CCCC(Oc1ccc(C)nc1CC(C)N)C(=O)OCC. The van der Waals surface area contributed by atoms with Crippen molar-refractivity contribution in [2.24, 2.45) is 5.73 Å². The quantitative estimate of drug-likeness (QED) is 0.745. The fraction of sp³-hybridized carbons (Fsp3) is 0.625. The van der Waals surface area contributed by atoms with Crippen LogP contribution in [0.3, 0.4) is 0 Å². The van der Waals surface area contributed by atoms with Gasteiger partial charge in [0.05, 0.1) is 12.3 Å². The first-order valence-electron chi connectivity index (χ1n) is 7.53. The number of nitrogens with two attached hydrogens (primary N) is 1. The van der Waals surface area contributed by atoms with Crippen molar-refractivity contribution >= 4 is 5.97 Å². The van der Waals surface area contributed by atoms with E-state index in [1.54, 1.807) is 6.92 Å². The fourth-order valence-electron chi connectivity index (χ4n) is 2.03. The molecule has 0 aliphatic heterocycles. The van der Waals surface area contributed by atoms with E-state index in [0.717, 1.165) is 17.8 Å². The number of esters is 1. The standard InChI is InChI=1S/C16H26N2O3/c1-5-7-15(16(19)20-6-2)21-14-9-8-12(4)18-13(14)10-11(3)17/h8-9,11,15H,5-7,10,17H2,1-4H3. The molecule has 0 saturated heterocycles. The van der Waals surface area contributed by atoms with Crippen molar-refractivity contribution in [1.29, 1.82) is 0 Å². The van der Waals surface area contributed by atoms with Gasteiger partial charge in [0.1, 0.15) is 5.75 Å². The molecule has 2 N–H and O–H groups in total. The number of hydrogen-bond acceptors (Lipinski definition) is 5. The van der Waals surface area contributed by atoms with E-state index in [1.807, 2.05) is 32.9 Å². The van der Waals surface area contributed by atoms with Crippen LogP contribution in [0.4, 0.5) is 0 Å². The summed E-state index contributed by atoms with van der Waals surface area (Å²) in [5.41, 5.74) is 7.54. The Morgan fingerprint density at radius 3 is 2.67 bits per heavy atom. The zero-order valence-corrected chi connectivity index (χ0v) is 13.4. The van der Waals surface area contributed by atoms with Gasteiger partial charge in [-0.15, -0.1) is 0 Å². The third-order valence-electron chi connectivity index (χ3n) is 2.96. The summed E-state index contributed by atoms with van der Waals surface area (Å²) in [5, 5.41) is 0. The van der Waals surface area contributed by atoms with Crippen LogP contribution in [0.1, 0.15) is 45.0 Å². The molecule has 0 amide bonds. The Morgan fingerprint density at radius 2 is 2.10 bits per heavy atom. The first kappa shape index (κ1) is 17.4. The summed E-state index contributed by atoms with van der Waals surface area (Å²) in [5.74, 6) is 0.288. The van der Waals surface area contributed by atoms with E-state index in [9.17, 15) is 4.79 Å². The van der Waals surface area contributed by atoms with Crippen LogP contribution < -0.4 is 10.5 Å². The van der Waals surface area contributed by atoms with Crippen molar-refractivity contribution in [2.45, 2.75) is 59.1 Å². The Bertz CT molecular complexity index is 461. The molecule has 0 aromatic carbocycles. The van der Waals surface area contributed by atoms with E-state index >= 15 is 0 Å². The second kappa shape index (κ2) is 8.62. The smallest absolute Gasteiger partial charge is 0.347 e. The van der Waals surface area contributed by atoms with Crippen molar-refractivity contribution in [3.8, 4) is 5.75 Å². The summed E-state index contributed by atoms with van der Waals surface area (Å²) in [4.78, 5) is 16.4. The van der Waals surface area contributed by atoms with Crippen molar-refractivity contribution in [3.05, 3.63) is 23.5 Å².